The molecule has 0 aromatic heterocycles. The Kier molecular flexibility index (Phi) is 5.42. The number of benzene rings is 2. The summed E-state index contributed by atoms with van der Waals surface area (Å²) in [4.78, 5) is 11.8. The van der Waals surface area contributed by atoms with Crippen LogP contribution in [0.4, 0.5) is 0 Å². The zero-order chi connectivity index (χ0) is 15.9. The quantitative estimate of drug-likeness (QED) is 0.760. The first-order valence-corrected chi connectivity index (χ1v) is 7.16. The van der Waals surface area contributed by atoms with E-state index in [0.717, 1.165) is 5.56 Å². The van der Waals surface area contributed by atoms with Crippen LogP contribution < -0.4 is 9.47 Å². The maximum Gasteiger partial charge on any atom is 0.341 e. The van der Waals surface area contributed by atoms with Crippen molar-refractivity contribution in [3.63, 3.8) is 0 Å². The van der Waals surface area contributed by atoms with E-state index < -0.39 is 5.97 Å². The predicted molar refractivity (Wildman–Crippen MR) is 84.3 cm³/mol. The highest BCUT2D eigenvalue weighted by molar-refractivity contribution is 5.92. The Balaban J connectivity index is 2.17. The van der Waals surface area contributed by atoms with E-state index in [4.69, 9.17) is 14.2 Å². The van der Waals surface area contributed by atoms with E-state index in [2.05, 4.69) is 0 Å². The fourth-order valence-corrected chi connectivity index (χ4v) is 1.96. The van der Waals surface area contributed by atoms with Gasteiger partial charge in [0, 0.05) is 6.07 Å². The number of carbonyl (C=O) groups excluding carboxylic acids is 1. The van der Waals surface area contributed by atoms with Crippen LogP contribution in [0.25, 0.3) is 0 Å². The highest BCUT2D eigenvalue weighted by Crippen LogP contribution is 2.27. The van der Waals surface area contributed by atoms with Gasteiger partial charge in [0.15, 0.2) is 0 Å². The number of hydrogen-bond acceptors (Lipinski definition) is 4. The Bertz CT molecular complexity index is 620. The van der Waals surface area contributed by atoms with Crippen molar-refractivity contribution in [3.05, 3.63) is 59.7 Å². The molecule has 0 unspecified atom stereocenters. The molecule has 22 heavy (non-hydrogen) atoms. The first kappa shape index (κ1) is 15.9. The lowest BCUT2D eigenvalue weighted by Gasteiger charge is -2.15. The summed E-state index contributed by atoms with van der Waals surface area (Å²) in [5.74, 6) is 0.685. The molecule has 2 aromatic rings. The topological polar surface area (TPSA) is 44.8 Å². The van der Waals surface area contributed by atoms with Crippen LogP contribution in [0.5, 0.6) is 11.5 Å². The lowest BCUT2D eigenvalue weighted by atomic mass is 10.2. The summed E-state index contributed by atoms with van der Waals surface area (Å²) >= 11 is 0. The Morgan fingerprint density at radius 3 is 2.45 bits per heavy atom. The van der Waals surface area contributed by atoms with E-state index in [-0.39, 0.29) is 6.10 Å². The summed E-state index contributed by atoms with van der Waals surface area (Å²) in [6.07, 6.45) is -0.0484. The summed E-state index contributed by atoms with van der Waals surface area (Å²) in [5.41, 5.74) is 1.47. The molecule has 0 fully saturated rings. The SMILES string of the molecule is COC(=O)c1ccc(OCc2ccccc2)cc1OC(C)C. The van der Waals surface area contributed by atoms with Crippen LogP contribution in [-0.2, 0) is 11.3 Å². The van der Waals surface area contributed by atoms with Gasteiger partial charge in [-0.1, -0.05) is 30.3 Å². The van der Waals surface area contributed by atoms with Crippen molar-refractivity contribution >= 4 is 5.97 Å². The van der Waals surface area contributed by atoms with Gasteiger partial charge in [0.05, 0.1) is 13.2 Å². The molecule has 0 heterocycles. The number of methoxy groups -OCH3 is 1. The van der Waals surface area contributed by atoms with Gasteiger partial charge in [-0.3, -0.25) is 0 Å². The molecule has 0 bridgehead atoms. The predicted octanol–water partition coefficient (Wildman–Crippen LogP) is 3.84. The molecule has 0 atom stereocenters. The maximum absolute atomic E-state index is 11.8. The molecular formula is C18H20O4. The Morgan fingerprint density at radius 1 is 1.09 bits per heavy atom. The van der Waals surface area contributed by atoms with E-state index in [0.29, 0.717) is 23.7 Å². The molecule has 0 saturated carbocycles. The third-order valence-corrected chi connectivity index (χ3v) is 2.97. The Hall–Kier alpha value is -2.49. The molecule has 0 aliphatic rings. The maximum atomic E-state index is 11.8. The second-order valence-electron chi connectivity index (χ2n) is 5.09. The average Bonchev–Trinajstić information content (AvgIpc) is 2.53. The molecule has 0 amide bonds. The summed E-state index contributed by atoms with van der Waals surface area (Å²) < 4.78 is 16.2. The van der Waals surface area contributed by atoms with Gasteiger partial charge in [-0.25, -0.2) is 4.79 Å². The van der Waals surface area contributed by atoms with Gasteiger partial charge in [0.25, 0.3) is 0 Å². The summed E-state index contributed by atoms with van der Waals surface area (Å²) in [6.45, 7) is 4.26. The number of rotatable bonds is 6. The van der Waals surface area contributed by atoms with Crippen molar-refractivity contribution in [2.24, 2.45) is 0 Å². The van der Waals surface area contributed by atoms with Crippen LogP contribution in [0, 0.1) is 0 Å². The third kappa shape index (κ3) is 4.25. The molecule has 2 rings (SSSR count). The zero-order valence-corrected chi connectivity index (χ0v) is 13.0. The van der Waals surface area contributed by atoms with Gasteiger partial charge >= 0.3 is 5.97 Å². The van der Waals surface area contributed by atoms with Gasteiger partial charge < -0.3 is 14.2 Å². The van der Waals surface area contributed by atoms with Crippen molar-refractivity contribution in [2.75, 3.05) is 7.11 Å². The third-order valence-electron chi connectivity index (χ3n) is 2.97. The molecule has 0 saturated heterocycles. The largest absolute Gasteiger partial charge is 0.490 e. The molecule has 0 N–H and O–H groups in total. The minimum Gasteiger partial charge on any atom is -0.490 e. The molecule has 2 aromatic carbocycles. The normalized spacial score (nSPS) is 10.4. The number of carbonyl (C=O) groups is 1. The first-order chi connectivity index (χ1) is 10.6. The standard InChI is InChI=1S/C18H20O4/c1-13(2)22-17-11-15(9-10-16(17)18(19)20-3)21-12-14-7-5-4-6-8-14/h4-11,13H,12H2,1-3H3. The van der Waals surface area contributed by atoms with Gasteiger partial charge in [-0.2, -0.15) is 0 Å². The van der Waals surface area contributed by atoms with Gasteiger partial charge in [0.1, 0.15) is 23.7 Å². The van der Waals surface area contributed by atoms with Crippen molar-refractivity contribution in [3.8, 4) is 11.5 Å². The second-order valence-corrected chi connectivity index (χ2v) is 5.09. The van der Waals surface area contributed by atoms with Crippen LogP contribution in [0.1, 0.15) is 29.8 Å². The van der Waals surface area contributed by atoms with Crippen molar-refractivity contribution in [1.82, 2.24) is 0 Å². The summed E-state index contributed by atoms with van der Waals surface area (Å²) in [6, 6.07) is 15.0. The lowest BCUT2D eigenvalue weighted by molar-refractivity contribution is 0.0594. The number of ether oxygens (including phenoxy) is 3. The van der Waals surface area contributed by atoms with E-state index in [1.54, 1.807) is 18.2 Å². The fraction of sp³-hybridized carbons (Fsp3) is 0.278. The molecule has 0 aliphatic heterocycles. The van der Waals surface area contributed by atoms with E-state index in [9.17, 15) is 4.79 Å². The molecule has 4 nitrogen and oxygen atoms in total. The zero-order valence-electron chi connectivity index (χ0n) is 13.0. The van der Waals surface area contributed by atoms with Gasteiger partial charge in [-0.05, 0) is 31.5 Å². The molecule has 0 spiro atoms. The van der Waals surface area contributed by atoms with Gasteiger partial charge in [0.2, 0.25) is 0 Å². The highest BCUT2D eigenvalue weighted by Gasteiger charge is 2.15. The highest BCUT2D eigenvalue weighted by atomic mass is 16.5. The van der Waals surface area contributed by atoms with E-state index in [1.165, 1.54) is 7.11 Å². The van der Waals surface area contributed by atoms with Crippen LogP contribution in [0.15, 0.2) is 48.5 Å². The second kappa shape index (κ2) is 7.50. The molecule has 4 heteroatoms. The van der Waals surface area contributed by atoms with Crippen LogP contribution in [-0.4, -0.2) is 19.2 Å². The first-order valence-electron chi connectivity index (χ1n) is 7.16. The van der Waals surface area contributed by atoms with E-state index >= 15 is 0 Å². The molecular weight excluding hydrogens is 280 g/mol. The van der Waals surface area contributed by atoms with Crippen LogP contribution in [0.2, 0.25) is 0 Å². The lowest BCUT2D eigenvalue weighted by Crippen LogP contribution is -2.11. The Labute approximate surface area is 130 Å². The van der Waals surface area contributed by atoms with Crippen molar-refractivity contribution in [1.29, 1.82) is 0 Å². The molecule has 0 aliphatic carbocycles. The Morgan fingerprint density at radius 2 is 1.82 bits per heavy atom. The van der Waals surface area contributed by atoms with Crippen molar-refractivity contribution < 1.29 is 19.0 Å². The summed E-state index contributed by atoms with van der Waals surface area (Å²) in [5, 5.41) is 0. The minimum absolute atomic E-state index is 0.0484. The number of esters is 1. The van der Waals surface area contributed by atoms with Crippen LogP contribution in [0.3, 0.4) is 0 Å². The average molecular weight is 300 g/mol. The van der Waals surface area contributed by atoms with Crippen LogP contribution >= 0.6 is 0 Å². The monoisotopic (exact) mass is 300 g/mol. The van der Waals surface area contributed by atoms with E-state index in [1.807, 2.05) is 44.2 Å². The van der Waals surface area contributed by atoms with Crippen molar-refractivity contribution in [2.45, 2.75) is 26.6 Å². The summed E-state index contributed by atoms with van der Waals surface area (Å²) in [7, 11) is 1.35. The fourth-order valence-electron chi connectivity index (χ4n) is 1.96. The minimum atomic E-state index is -0.426. The molecule has 116 valence electrons. The number of hydrogen-bond donors (Lipinski definition) is 0. The smallest absolute Gasteiger partial charge is 0.341 e. The molecule has 0 radical (unpaired) electrons. The van der Waals surface area contributed by atoms with Gasteiger partial charge in [-0.15, -0.1) is 0 Å².